The minimum absolute atomic E-state index is 0. The van der Waals surface area contributed by atoms with Gasteiger partial charge in [0, 0.05) is 11.9 Å². The van der Waals surface area contributed by atoms with Gasteiger partial charge in [-0.3, -0.25) is 0 Å². The third-order valence-electron chi connectivity index (χ3n) is 3.62. The van der Waals surface area contributed by atoms with Crippen molar-refractivity contribution in [1.82, 2.24) is 0 Å². The molecule has 0 saturated carbocycles. The van der Waals surface area contributed by atoms with Crippen LogP contribution in [0.2, 0.25) is 0 Å². The molecule has 0 amide bonds. The molecular weight excluding hydrogens is 352 g/mol. The van der Waals surface area contributed by atoms with Crippen LogP contribution in [0, 0.1) is 10.8 Å². The van der Waals surface area contributed by atoms with Gasteiger partial charge in [-0.15, -0.1) is 0 Å². The number of carbonyl (C=O) groups is 2. The maximum Gasteiger partial charge on any atom is 2.00 e. The molecule has 0 aliphatic carbocycles. The van der Waals surface area contributed by atoms with Crippen LogP contribution in [0.1, 0.15) is 106 Å². The second-order valence-electron chi connectivity index (χ2n) is 8.99. The second-order valence-corrected chi connectivity index (χ2v) is 8.99. The van der Waals surface area contributed by atoms with Crippen molar-refractivity contribution in [2.24, 2.45) is 10.8 Å². The first-order chi connectivity index (χ1) is 10.8. The summed E-state index contributed by atoms with van der Waals surface area (Å²) in [7, 11) is 0. The second kappa shape index (κ2) is 15.9. The van der Waals surface area contributed by atoms with Crippen molar-refractivity contribution in [2.75, 3.05) is 0 Å². The van der Waals surface area contributed by atoms with Gasteiger partial charge in [-0.25, -0.2) is 0 Å². The summed E-state index contributed by atoms with van der Waals surface area (Å²) in [4.78, 5) is 20.1. The first-order valence-corrected chi connectivity index (χ1v) is 9.23. The Bertz CT molecular complexity index is 307. The normalized spacial score (nSPS) is 11.1. The molecule has 0 bridgehead atoms. The molecule has 0 aromatic heterocycles. The third-order valence-corrected chi connectivity index (χ3v) is 3.62. The van der Waals surface area contributed by atoms with Crippen LogP contribution in [-0.2, 0) is 31.3 Å². The Kier molecular flexibility index (Phi) is 18.7. The smallest absolute Gasteiger partial charge is 0.550 e. The zero-order valence-electron chi connectivity index (χ0n) is 17.2. The van der Waals surface area contributed by atoms with Gasteiger partial charge in [0.1, 0.15) is 0 Å². The van der Waals surface area contributed by atoms with Crippen LogP contribution in [-0.4, -0.2) is 11.9 Å². The molecule has 25 heavy (non-hydrogen) atoms. The van der Waals surface area contributed by atoms with E-state index in [1.54, 1.807) is 0 Å². The fraction of sp³-hybridized carbons (Fsp3) is 0.900. The first kappa shape index (κ1) is 29.4. The molecule has 0 aliphatic heterocycles. The summed E-state index contributed by atoms with van der Waals surface area (Å²) in [6.45, 7) is 13.2. The van der Waals surface area contributed by atoms with Crippen LogP contribution in [0.3, 0.4) is 0 Å². The summed E-state index contributed by atoms with van der Waals surface area (Å²) in [5.41, 5.74) is 0.753. The molecular formula is C20H38O4Ti. The van der Waals surface area contributed by atoms with Gasteiger partial charge in [-0.05, 0) is 49.4 Å². The molecule has 4 nitrogen and oxygen atoms in total. The summed E-state index contributed by atoms with van der Waals surface area (Å²) in [6, 6.07) is 0. The van der Waals surface area contributed by atoms with E-state index in [4.69, 9.17) is 0 Å². The van der Waals surface area contributed by atoms with Gasteiger partial charge < -0.3 is 19.8 Å². The molecule has 0 saturated heterocycles. The van der Waals surface area contributed by atoms with E-state index in [-0.39, 0.29) is 34.6 Å². The molecule has 0 spiro atoms. The standard InChI is InChI=1S/2C10H20O2.Ti/c2*1-10(2,3)8-6-4-5-7-9(11)12;/h2*4-8H2,1-3H3,(H,11,12);/q;;+2/p-2. The van der Waals surface area contributed by atoms with E-state index in [2.05, 4.69) is 41.5 Å². The predicted octanol–water partition coefficient (Wildman–Crippen LogP) is 3.46. The van der Waals surface area contributed by atoms with Crippen LogP contribution in [0.15, 0.2) is 0 Å². The summed E-state index contributed by atoms with van der Waals surface area (Å²) in [5, 5.41) is 20.1. The van der Waals surface area contributed by atoms with Crippen molar-refractivity contribution < 1.29 is 41.5 Å². The molecule has 146 valence electrons. The van der Waals surface area contributed by atoms with Gasteiger partial charge in [0.05, 0.1) is 0 Å². The number of rotatable bonds is 10. The van der Waals surface area contributed by atoms with Crippen molar-refractivity contribution in [3.8, 4) is 0 Å². The Hall–Kier alpha value is -0.346. The van der Waals surface area contributed by atoms with E-state index in [0.717, 1.165) is 38.5 Å². The predicted molar refractivity (Wildman–Crippen MR) is 95.1 cm³/mol. The monoisotopic (exact) mass is 390 g/mol. The van der Waals surface area contributed by atoms with E-state index >= 15 is 0 Å². The summed E-state index contributed by atoms with van der Waals surface area (Å²) >= 11 is 0. The van der Waals surface area contributed by atoms with Gasteiger partial charge in [0.2, 0.25) is 0 Å². The number of carboxylic acids is 2. The van der Waals surface area contributed by atoms with E-state index in [1.807, 2.05) is 0 Å². The molecule has 0 fully saturated rings. The molecule has 0 N–H and O–H groups in total. The molecule has 0 aromatic carbocycles. The minimum Gasteiger partial charge on any atom is -0.550 e. The van der Waals surface area contributed by atoms with E-state index < -0.39 is 11.9 Å². The first-order valence-electron chi connectivity index (χ1n) is 9.23. The molecule has 5 heteroatoms. The molecule has 0 radical (unpaired) electrons. The summed E-state index contributed by atoms with van der Waals surface area (Å²) < 4.78 is 0. The van der Waals surface area contributed by atoms with Crippen LogP contribution in [0.25, 0.3) is 0 Å². The molecule has 0 rings (SSSR count). The van der Waals surface area contributed by atoms with Gasteiger partial charge in [0.25, 0.3) is 0 Å². The average Bonchev–Trinajstić information content (AvgIpc) is 2.35. The summed E-state index contributed by atoms with van der Waals surface area (Å²) in [5.74, 6) is -1.85. The Labute approximate surface area is 170 Å². The number of aliphatic carboxylic acids is 2. The van der Waals surface area contributed by atoms with Gasteiger partial charge >= 0.3 is 21.7 Å². The largest absolute Gasteiger partial charge is 2.00 e. The number of hydrogen-bond donors (Lipinski definition) is 0. The Morgan fingerprint density at radius 2 is 0.880 bits per heavy atom. The fourth-order valence-corrected chi connectivity index (χ4v) is 2.20. The number of carbonyl (C=O) groups excluding carboxylic acids is 2. The van der Waals surface area contributed by atoms with Gasteiger partial charge in [0.15, 0.2) is 0 Å². The van der Waals surface area contributed by atoms with E-state index in [0.29, 0.717) is 10.8 Å². The number of carboxylic acid groups (broad SMARTS) is 2. The number of unbranched alkanes of at least 4 members (excludes halogenated alkanes) is 4. The van der Waals surface area contributed by atoms with Crippen LogP contribution < -0.4 is 10.2 Å². The van der Waals surface area contributed by atoms with Gasteiger partial charge in [-0.2, -0.15) is 0 Å². The molecule has 0 aromatic rings. The maximum absolute atomic E-state index is 10.0. The van der Waals surface area contributed by atoms with Crippen molar-refractivity contribution in [1.29, 1.82) is 0 Å². The Morgan fingerprint density at radius 3 is 1.08 bits per heavy atom. The van der Waals surface area contributed by atoms with Gasteiger partial charge in [-0.1, -0.05) is 67.2 Å². The van der Waals surface area contributed by atoms with Crippen LogP contribution in [0.5, 0.6) is 0 Å². The SMILES string of the molecule is CC(C)(C)CCCCCC(=O)[O-].CC(C)(C)CCCCCC(=O)[O-].[Ti+2]. The Morgan fingerprint density at radius 1 is 0.600 bits per heavy atom. The van der Waals surface area contributed by atoms with E-state index in [1.165, 1.54) is 12.8 Å². The zero-order chi connectivity index (χ0) is 19.2. The van der Waals surface area contributed by atoms with Crippen molar-refractivity contribution in [3.63, 3.8) is 0 Å². The topological polar surface area (TPSA) is 80.3 Å². The minimum atomic E-state index is -0.925. The maximum atomic E-state index is 10.0. The third kappa shape index (κ3) is 35.6. The molecule has 0 atom stereocenters. The Balaban J connectivity index is -0.000000372. The summed E-state index contributed by atoms with van der Waals surface area (Å²) in [6.07, 6.45) is 8.54. The number of hydrogen-bond acceptors (Lipinski definition) is 4. The van der Waals surface area contributed by atoms with Crippen molar-refractivity contribution in [3.05, 3.63) is 0 Å². The molecule has 0 unspecified atom stereocenters. The molecule has 0 aliphatic rings. The average molecular weight is 390 g/mol. The van der Waals surface area contributed by atoms with Crippen LogP contribution >= 0.6 is 0 Å². The quantitative estimate of drug-likeness (QED) is 0.423. The van der Waals surface area contributed by atoms with E-state index in [9.17, 15) is 19.8 Å². The van der Waals surface area contributed by atoms with Crippen molar-refractivity contribution >= 4 is 11.9 Å². The fourth-order valence-electron chi connectivity index (χ4n) is 2.20. The van der Waals surface area contributed by atoms with Crippen LogP contribution in [0.4, 0.5) is 0 Å². The molecule has 0 heterocycles. The zero-order valence-corrected chi connectivity index (χ0v) is 18.8. The van der Waals surface area contributed by atoms with Crippen molar-refractivity contribution in [2.45, 2.75) is 106 Å².